The number of esters is 1. The highest BCUT2D eigenvalue weighted by atomic mass is 16.5. The highest BCUT2D eigenvalue weighted by Gasteiger charge is 2.07. The summed E-state index contributed by atoms with van der Waals surface area (Å²) in [4.78, 5) is 20.9. The molecule has 1 heterocycles. The van der Waals surface area contributed by atoms with E-state index in [1.54, 1.807) is 0 Å². The van der Waals surface area contributed by atoms with Crippen molar-refractivity contribution in [2.45, 2.75) is 6.42 Å². The molecule has 0 saturated heterocycles. The molecular formula is C10H15N3O2. The van der Waals surface area contributed by atoms with Crippen molar-refractivity contribution >= 4 is 5.97 Å². The minimum Gasteiger partial charge on any atom is -0.461 e. The van der Waals surface area contributed by atoms with Crippen LogP contribution in [0.5, 0.6) is 0 Å². The maximum absolute atomic E-state index is 11.4. The molecule has 5 nitrogen and oxygen atoms in total. The van der Waals surface area contributed by atoms with Gasteiger partial charge in [0.15, 0.2) is 5.69 Å². The molecule has 0 fully saturated rings. The summed E-state index contributed by atoms with van der Waals surface area (Å²) in [7, 11) is 3.96. The van der Waals surface area contributed by atoms with Gasteiger partial charge in [-0.2, -0.15) is 0 Å². The van der Waals surface area contributed by atoms with Crippen LogP contribution in [0.4, 0.5) is 0 Å². The van der Waals surface area contributed by atoms with Crippen molar-refractivity contribution < 1.29 is 9.53 Å². The third-order valence-electron chi connectivity index (χ3n) is 1.77. The number of hydrogen-bond acceptors (Lipinski definition) is 5. The molecule has 0 saturated carbocycles. The number of hydrogen-bond donors (Lipinski definition) is 0. The molecule has 0 unspecified atom stereocenters. The van der Waals surface area contributed by atoms with Crippen LogP contribution in [-0.2, 0) is 4.74 Å². The fourth-order valence-electron chi connectivity index (χ4n) is 1.03. The van der Waals surface area contributed by atoms with Gasteiger partial charge in [0, 0.05) is 12.7 Å². The van der Waals surface area contributed by atoms with Gasteiger partial charge < -0.3 is 9.64 Å². The van der Waals surface area contributed by atoms with Crippen molar-refractivity contribution in [3.8, 4) is 0 Å². The topological polar surface area (TPSA) is 55.3 Å². The Morgan fingerprint density at radius 2 is 2.33 bits per heavy atom. The highest BCUT2D eigenvalue weighted by molar-refractivity contribution is 5.86. The molecule has 15 heavy (non-hydrogen) atoms. The number of nitrogens with zero attached hydrogens (tertiary/aromatic N) is 3. The third kappa shape index (κ3) is 4.51. The largest absolute Gasteiger partial charge is 0.461 e. The maximum Gasteiger partial charge on any atom is 0.357 e. The Balaban J connectivity index is 2.25. The molecule has 0 atom stereocenters. The first-order valence-electron chi connectivity index (χ1n) is 4.78. The summed E-state index contributed by atoms with van der Waals surface area (Å²) in [5.41, 5.74) is 0.301. The quantitative estimate of drug-likeness (QED) is 0.524. The van der Waals surface area contributed by atoms with Crippen LogP contribution in [0, 0.1) is 0 Å². The van der Waals surface area contributed by atoms with Crippen molar-refractivity contribution in [1.82, 2.24) is 14.9 Å². The number of carbonyl (C=O) groups is 1. The Bertz CT molecular complexity index is 301. The van der Waals surface area contributed by atoms with Crippen molar-refractivity contribution in [3.63, 3.8) is 0 Å². The van der Waals surface area contributed by atoms with Crippen LogP contribution in [0.25, 0.3) is 0 Å². The molecule has 0 spiro atoms. The highest BCUT2D eigenvalue weighted by Crippen LogP contribution is 1.96. The Morgan fingerprint density at radius 1 is 1.53 bits per heavy atom. The Hall–Kier alpha value is -1.49. The van der Waals surface area contributed by atoms with Gasteiger partial charge in [-0.3, -0.25) is 0 Å². The summed E-state index contributed by atoms with van der Waals surface area (Å²) in [6, 6.07) is 1.54. The molecule has 1 rings (SSSR count). The summed E-state index contributed by atoms with van der Waals surface area (Å²) >= 11 is 0. The summed E-state index contributed by atoms with van der Waals surface area (Å²) in [6.07, 6.45) is 3.67. The van der Waals surface area contributed by atoms with Gasteiger partial charge in [0.25, 0.3) is 0 Å². The third-order valence-corrected chi connectivity index (χ3v) is 1.77. The summed E-state index contributed by atoms with van der Waals surface area (Å²) in [5.74, 6) is -0.392. The SMILES string of the molecule is CN(C)CCCOC(=O)c1ccncn1. The van der Waals surface area contributed by atoms with Gasteiger partial charge in [-0.15, -0.1) is 0 Å². The van der Waals surface area contributed by atoms with Crippen molar-refractivity contribution in [2.75, 3.05) is 27.2 Å². The van der Waals surface area contributed by atoms with E-state index in [1.165, 1.54) is 18.6 Å². The number of ether oxygens (including phenoxy) is 1. The van der Waals surface area contributed by atoms with Gasteiger partial charge in [0.1, 0.15) is 6.33 Å². The van der Waals surface area contributed by atoms with Gasteiger partial charge >= 0.3 is 5.97 Å². The minimum atomic E-state index is -0.392. The first kappa shape index (κ1) is 11.6. The monoisotopic (exact) mass is 209 g/mol. The predicted molar refractivity (Wildman–Crippen MR) is 55.5 cm³/mol. The van der Waals surface area contributed by atoms with E-state index in [4.69, 9.17) is 4.74 Å². The van der Waals surface area contributed by atoms with Crippen LogP contribution < -0.4 is 0 Å². The van der Waals surface area contributed by atoms with Crippen LogP contribution >= 0.6 is 0 Å². The normalized spacial score (nSPS) is 10.3. The first-order valence-corrected chi connectivity index (χ1v) is 4.78. The predicted octanol–water partition coefficient (Wildman–Crippen LogP) is 0.585. The number of carbonyl (C=O) groups excluding carboxylic acids is 1. The number of rotatable bonds is 5. The second kappa shape index (κ2) is 6.08. The van der Waals surface area contributed by atoms with Crippen molar-refractivity contribution in [1.29, 1.82) is 0 Å². The van der Waals surface area contributed by atoms with E-state index in [-0.39, 0.29) is 0 Å². The van der Waals surface area contributed by atoms with Crippen LogP contribution in [0.3, 0.4) is 0 Å². The van der Waals surface area contributed by atoms with E-state index in [1.807, 2.05) is 19.0 Å². The van der Waals surface area contributed by atoms with E-state index >= 15 is 0 Å². The lowest BCUT2D eigenvalue weighted by Gasteiger charge is -2.09. The fraction of sp³-hybridized carbons (Fsp3) is 0.500. The molecule has 0 aliphatic carbocycles. The zero-order chi connectivity index (χ0) is 11.1. The maximum atomic E-state index is 11.4. The van der Waals surface area contributed by atoms with Crippen LogP contribution in [0.2, 0.25) is 0 Å². The van der Waals surface area contributed by atoms with E-state index in [0.29, 0.717) is 12.3 Å². The van der Waals surface area contributed by atoms with Gasteiger partial charge in [0.05, 0.1) is 6.61 Å². The number of aromatic nitrogens is 2. The molecular weight excluding hydrogens is 194 g/mol. The van der Waals surface area contributed by atoms with E-state index < -0.39 is 5.97 Å². The Morgan fingerprint density at radius 3 is 2.93 bits per heavy atom. The molecule has 0 aromatic carbocycles. The smallest absolute Gasteiger partial charge is 0.357 e. The van der Waals surface area contributed by atoms with E-state index in [2.05, 4.69) is 9.97 Å². The lowest BCUT2D eigenvalue weighted by atomic mass is 10.4. The lowest BCUT2D eigenvalue weighted by molar-refractivity contribution is 0.0486. The second-order valence-corrected chi connectivity index (χ2v) is 3.39. The molecule has 82 valence electrons. The Kier molecular flexibility index (Phi) is 4.70. The Labute approximate surface area is 89.1 Å². The zero-order valence-corrected chi connectivity index (χ0v) is 9.01. The van der Waals surface area contributed by atoms with Gasteiger partial charge in [0.2, 0.25) is 0 Å². The fourth-order valence-corrected chi connectivity index (χ4v) is 1.03. The van der Waals surface area contributed by atoms with E-state index in [9.17, 15) is 4.79 Å². The molecule has 0 aliphatic rings. The van der Waals surface area contributed by atoms with E-state index in [0.717, 1.165) is 13.0 Å². The standard InChI is InChI=1S/C10H15N3O2/c1-13(2)6-3-7-15-10(14)9-4-5-11-8-12-9/h4-5,8H,3,6-7H2,1-2H3. The molecule has 1 aromatic heterocycles. The molecule has 0 aliphatic heterocycles. The molecule has 0 N–H and O–H groups in total. The minimum absolute atomic E-state index is 0.301. The summed E-state index contributed by atoms with van der Waals surface area (Å²) < 4.78 is 5.02. The zero-order valence-electron chi connectivity index (χ0n) is 9.01. The average molecular weight is 209 g/mol. The lowest BCUT2D eigenvalue weighted by Crippen LogP contribution is -2.16. The van der Waals surface area contributed by atoms with Gasteiger partial charge in [-0.05, 0) is 26.6 Å². The molecule has 0 bridgehead atoms. The van der Waals surface area contributed by atoms with Gasteiger partial charge in [-0.25, -0.2) is 14.8 Å². The molecule has 0 radical (unpaired) electrons. The van der Waals surface area contributed by atoms with Crippen LogP contribution in [0.15, 0.2) is 18.6 Å². The molecule has 0 amide bonds. The molecule has 5 heteroatoms. The summed E-state index contributed by atoms with van der Waals surface area (Å²) in [6.45, 7) is 1.32. The van der Waals surface area contributed by atoms with Crippen molar-refractivity contribution in [2.24, 2.45) is 0 Å². The molecule has 1 aromatic rings. The van der Waals surface area contributed by atoms with Crippen molar-refractivity contribution in [3.05, 3.63) is 24.3 Å². The van der Waals surface area contributed by atoms with Crippen LogP contribution in [0.1, 0.15) is 16.9 Å². The second-order valence-electron chi connectivity index (χ2n) is 3.39. The van der Waals surface area contributed by atoms with Crippen LogP contribution in [-0.4, -0.2) is 48.1 Å². The average Bonchev–Trinajstić information content (AvgIpc) is 2.25. The van der Waals surface area contributed by atoms with Gasteiger partial charge in [-0.1, -0.05) is 0 Å². The summed E-state index contributed by atoms with van der Waals surface area (Å²) in [5, 5.41) is 0. The first-order chi connectivity index (χ1) is 7.20.